The Bertz CT molecular complexity index is 929. The molecule has 0 aliphatic carbocycles. The van der Waals surface area contributed by atoms with Crippen LogP contribution in [0.25, 0.3) is 11.0 Å². The Labute approximate surface area is 144 Å². The van der Waals surface area contributed by atoms with Crippen molar-refractivity contribution in [3.05, 3.63) is 52.6 Å². The van der Waals surface area contributed by atoms with Crippen molar-refractivity contribution >= 4 is 22.6 Å². The zero-order valence-corrected chi connectivity index (χ0v) is 14.0. The number of aromatic nitrogens is 3. The number of rotatable bonds is 7. The third-order valence-corrected chi connectivity index (χ3v) is 3.78. The molecule has 130 valence electrons. The summed E-state index contributed by atoms with van der Waals surface area (Å²) in [5.41, 5.74) is 3.01. The molecule has 0 radical (unpaired) electrons. The first-order chi connectivity index (χ1) is 12.2. The van der Waals surface area contributed by atoms with Crippen LogP contribution < -0.4 is 15.7 Å². The topological polar surface area (TPSA) is 99.9 Å². The molecule has 7 heteroatoms. The molecular weight excluding hydrogens is 320 g/mol. The van der Waals surface area contributed by atoms with Crippen molar-refractivity contribution in [2.75, 3.05) is 11.9 Å². The molecule has 3 aromatic rings. The summed E-state index contributed by atoms with van der Waals surface area (Å²) >= 11 is 0. The quantitative estimate of drug-likeness (QED) is 0.615. The van der Waals surface area contributed by atoms with Crippen LogP contribution >= 0.6 is 0 Å². The fourth-order valence-electron chi connectivity index (χ4n) is 2.64. The minimum Gasteiger partial charge on any atom is -0.476 e. The molecule has 3 rings (SSSR count). The van der Waals surface area contributed by atoms with Gasteiger partial charge >= 0.3 is 5.69 Å². The summed E-state index contributed by atoms with van der Waals surface area (Å²) in [5.74, 6) is 0.352. The Hall–Kier alpha value is -3.09. The first-order valence-corrected chi connectivity index (χ1v) is 8.24. The molecule has 3 N–H and O–H groups in total. The van der Waals surface area contributed by atoms with E-state index in [0.717, 1.165) is 23.0 Å². The monoisotopic (exact) mass is 340 g/mol. The maximum absolute atomic E-state index is 12.1. The highest BCUT2D eigenvalue weighted by Gasteiger charge is 2.09. The molecule has 0 spiro atoms. The molecule has 0 aliphatic heterocycles. The van der Waals surface area contributed by atoms with Gasteiger partial charge in [0.2, 0.25) is 11.8 Å². The summed E-state index contributed by atoms with van der Waals surface area (Å²) in [6.07, 6.45) is 3.47. The first-order valence-electron chi connectivity index (χ1n) is 8.24. The van der Waals surface area contributed by atoms with Crippen LogP contribution in [0, 0.1) is 0 Å². The summed E-state index contributed by atoms with van der Waals surface area (Å²) in [4.78, 5) is 33.0. The van der Waals surface area contributed by atoms with Gasteiger partial charge in [0.15, 0.2) is 0 Å². The van der Waals surface area contributed by atoms with Crippen molar-refractivity contribution in [2.45, 2.75) is 26.2 Å². The minimum atomic E-state index is -0.215. The second-order valence-corrected chi connectivity index (χ2v) is 5.65. The lowest BCUT2D eigenvalue weighted by molar-refractivity contribution is -0.116. The van der Waals surface area contributed by atoms with Gasteiger partial charge in [-0.15, -0.1) is 0 Å². The number of aryl methyl sites for hydroxylation is 1. The van der Waals surface area contributed by atoms with E-state index in [0.29, 0.717) is 31.0 Å². The number of pyridine rings is 1. The van der Waals surface area contributed by atoms with E-state index in [1.807, 2.05) is 25.1 Å². The van der Waals surface area contributed by atoms with E-state index < -0.39 is 0 Å². The van der Waals surface area contributed by atoms with Gasteiger partial charge in [-0.3, -0.25) is 4.79 Å². The van der Waals surface area contributed by atoms with Crippen LogP contribution in [0.3, 0.4) is 0 Å². The van der Waals surface area contributed by atoms with Gasteiger partial charge in [0.05, 0.1) is 17.6 Å². The molecule has 25 heavy (non-hydrogen) atoms. The Balaban J connectivity index is 1.54. The smallest absolute Gasteiger partial charge is 0.323 e. The van der Waals surface area contributed by atoms with E-state index in [1.54, 1.807) is 18.3 Å². The molecule has 2 heterocycles. The summed E-state index contributed by atoms with van der Waals surface area (Å²) in [7, 11) is 0. The number of fused-ring (bicyclic) bond motifs is 1. The van der Waals surface area contributed by atoms with Gasteiger partial charge in [-0.2, -0.15) is 0 Å². The Morgan fingerprint density at radius 3 is 2.92 bits per heavy atom. The second-order valence-electron chi connectivity index (χ2n) is 5.65. The summed E-state index contributed by atoms with van der Waals surface area (Å²) < 4.78 is 5.40. The van der Waals surface area contributed by atoms with Gasteiger partial charge in [0, 0.05) is 12.6 Å². The third kappa shape index (κ3) is 4.26. The predicted molar refractivity (Wildman–Crippen MR) is 95.9 cm³/mol. The average Bonchev–Trinajstić information content (AvgIpc) is 2.96. The lowest BCUT2D eigenvalue weighted by atomic mass is 10.1. The van der Waals surface area contributed by atoms with E-state index in [4.69, 9.17) is 4.74 Å². The molecule has 0 atom stereocenters. The van der Waals surface area contributed by atoms with E-state index >= 15 is 0 Å². The molecular formula is C18H20N4O3. The zero-order valence-electron chi connectivity index (χ0n) is 14.0. The van der Waals surface area contributed by atoms with E-state index in [-0.39, 0.29) is 11.6 Å². The molecule has 1 aromatic carbocycles. The molecule has 7 nitrogen and oxygen atoms in total. The maximum Gasteiger partial charge on any atom is 0.323 e. The first kappa shape index (κ1) is 16.8. The van der Waals surface area contributed by atoms with Crippen molar-refractivity contribution in [1.29, 1.82) is 0 Å². The Kier molecular flexibility index (Phi) is 5.13. The number of nitrogens with zero attached hydrogens (tertiary/aromatic N) is 1. The number of carbonyl (C=O) groups excluding carboxylic acids is 1. The van der Waals surface area contributed by atoms with Crippen molar-refractivity contribution < 1.29 is 9.53 Å². The molecule has 0 aliphatic rings. The number of hydrogen-bond donors (Lipinski definition) is 3. The van der Waals surface area contributed by atoms with Crippen LogP contribution in [0.2, 0.25) is 0 Å². The van der Waals surface area contributed by atoms with Gasteiger partial charge in [0.25, 0.3) is 0 Å². The number of amides is 1. The number of hydrogen-bond acceptors (Lipinski definition) is 4. The van der Waals surface area contributed by atoms with Gasteiger partial charge in [-0.05, 0) is 49.6 Å². The van der Waals surface area contributed by atoms with Gasteiger partial charge in [-0.25, -0.2) is 9.78 Å². The molecule has 0 saturated heterocycles. The molecule has 0 saturated carbocycles. The molecule has 0 fully saturated rings. The zero-order chi connectivity index (χ0) is 17.6. The van der Waals surface area contributed by atoms with Crippen LogP contribution in [-0.4, -0.2) is 27.5 Å². The van der Waals surface area contributed by atoms with Crippen molar-refractivity contribution in [1.82, 2.24) is 15.0 Å². The minimum absolute atomic E-state index is 0.0786. The number of nitrogens with one attached hydrogen (secondary N) is 3. The Morgan fingerprint density at radius 1 is 1.24 bits per heavy atom. The van der Waals surface area contributed by atoms with Crippen molar-refractivity contribution in [3.63, 3.8) is 0 Å². The van der Waals surface area contributed by atoms with Gasteiger partial charge in [0.1, 0.15) is 5.69 Å². The lowest BCUT2D eigenvalue weighted by Crippen LogP contribution is -2.13. The summed E-state index contributed by atoms with van der Waals surface area (Å²) in [5, 5.41) is 2.84. The van der Waals surface area contributed by atoms with Gasteiger partial charge < -0.3 is 20.0 Å². The summed E-state index contributed by atoms with van der Waals surface area (Å²) in [6, 6.07) is 9.28. The average molecular weight is 340 g/mol. The van der Waals surface area contributed by atoms with E-state index in [9.17, 15) is 9.59 Å². The largest absolute Gasteiger partial charge is 0.476 e. The van der Waals surface area contributed by atoms with Crippen LogP contribution in [0.5, 0.6) is 5.88 Å². The molecule has 0 unspecified atom stereocenters. The number of aromatic amines is 2. The van der Waals surface area contributed by atoms with Crippen LogP contribution in [0.15, 0.2) is 41.3 Å². The van der Waals surface area contributed by atoms with E-state index in [2.05, 4.69) is 20.3 Å². The molecule has 1 amide bonds. The lowest BCUT2D eigenvalue weighted by Gasteiger charge is -2.10. The SMILES string of the molecule is CCOc1ncccc1NC(=O)CCCc1ccc2[nH]c(=O)[nH]c2c1. The fraction of sp³-hybridized carbons (Fsp3) is 0.278. The number of ether oxygens (including phenoxy) is 1. The Morgan fingerprint density at radius 2 is 2.08 bits per heavy atom. The normalized spacial score (nSPS) is 10.8. The predicted octanol–water partition coefficient (Wildman–Crippen LogP) is 2.61. The number of imidazole rings is 1. The maximum atomic E-state index is 12.1. The van der Waals surface area contributed by atoms with Crippen molar-refractivity contribution in [2.24, 2.45) is 0 Å². The fourth-order valence-corrected chi connectivity index (χ4v) is 2.64. The standard InChI is InChI=1S/C18H20N4O3/c1-2-25-17-14(6-4-10-19-17)20-16(23)7-3-5-12-8-9-13-15(11-12)22-18(24)21-13/h4,6,8-11H,2-3,5,7H2,1H3,(H,20,23)(H2,21,22,24). The van der Waals surface area contributed by atoms with Crippen LogP contribution in [-0.2, 0) is 11.2 Å². The number of carbonyl (C=O) groups is 1. The van der Waals surface area contributed by atoms with Crippen LogP contribution in [0.1, 0.15) is 25.3 Å². The van der Waals surface area contributed by atoms with Crippen LogP contribution in [0.4, 0.5) is 5.69 Å². The number of H-pyrrole nitrogens is 2. The van der Waals surface area contributed by atoms with E-state index in [1.165, 1.54) is 0 Å². The number of anilines is 1. The highest BCUT2D eigenvalue weighted by molar-refractivity contribution is 5.91. The highest BCUT2D eigenvalue weighted by Crippen LogP contribution is 2.21. The molecule has 0 bridgehead atoms. The number of benzene rings is 1. The highest BCUT2D eigenvalue weighted by atomic mass is 16.5. The third-order valence-electron chi connectivity index (χ3n) is 3.78. The van der Waals surface area contributed by atoms with Gasteiger partial charge in [-0.1, -0.05) is 6.07 Å². The molecule has 2 aromatic heterocycles. The summed E-state index contributed by atoms with van der Waals surface area (Å²) in [6.45, 7) is 2.36. The van der Waals surface area contributed by atoms with Crippen molar-refractivity contribution in [3.8, 4) is 5.88 Å². The second kappa shape index (κ2) is 7.65.